The van der Waals surface area contributed by atoms with E-state index >= 15 is 0 Å². The molecule has 0 spiro atoms. The van der Waals surface area contributed by atoms with E-state index < -0.39 is 17.4 Å². The normalized spacial score (nSPS) is 18.8. The molecule has 1 aliphatic rings. The van der Waals surface area contributed by atoms with Gasteiger partial charge < -0.3 is 9.47 Å². The molecule has 0 saturated carbocycles. The highest BCUT2D eigenvalue weighted by molar-refractivity contribution is 6.01. The summed E-state index contributed by atoms with van der Waals surface area (Å²) in [6, 6.07) is 0. The highest BCUT2D eigenvalue weighted by atomic mass is 16.6. The van der Waals surface area contributed by atoms with E-state index in [4.69, 9.17) is 9.47 Å². The van der Waals surface area contributed by atoms with Gasteiger partial charge in [0.15, 0.2) is 5.41 Å². The molecule has 1 rings (SSSR count). The monoisotopic (exact) mass is 292 g/mol. The highest BCUT2D eigenvalue weighted by Crippen LogP contribution is 2.41. The van der Waals surface area contributed by atoms with Crippen molar-refractivity contribution in [3.05, 3.63) is 36.0 Å². The Morgan fingerprint density at radius 1 is 1.24 bits per heavy atom. The number of carbonyl (C=O) groups is 2. The minimum absolute atomic E-state index is 0.244. The number of esters is 2. The Balaban J connectivity index is 3.18. The standard InChI is InChI=1S/C17H24O4/c1-5-8-9-14-10-13(4)11-17(12-14,15(18)20-6-2)16(19)21-7-3/h5,9-10H,1,6-8,11-12H2,2-4H3/b14-9-. The summed E-state index contributed by atoms with van der Waals surface area (Å²) in [6.07, 6.45) is 7.12. The first-order chi connectivity index (χ1) is 10.00. The van der Waals surface area contributed by atoms with Crippen LogP contribution < -0.4 is 0 Å². The molecule has 1 aliphatic carbocycles. The Hall–Kier alpha value is -1.84. The van der Waals surface area contributed by atoms with Crippen LogP contribution in [0.3, 0.4) is 0 Å². The number of hydrogen-bond donors (Lipinski definition) is 0. The molecular formula is C17H24O4. The second kappa shape index (κ2) is 7.81. The first-order valence-corrected chi connectivity index (χ1v) is 7.31. The molecule has 4 heteroatoms. The first kappa shape index (κ1) is 17.2. The van der Waals surface area contributed by atoms with Crippen molar-refractivity contribution in [1.82, 2.24) is 0 Å². The van der Waals surface area contributed by atoms with Crippen molar-refractivity contribution >= 4 is 11.9 Å². The van der Waals surface area contributed by atoms with Gasteiger partial charge in [0.05, 0.1) is 13.2 Å². The SMILES string of the molecule is C=CC/C=C1/C=C(C)CC(C(=O)OCC)(C(=O)OCC)C1. The molecule has 0 aliphatic heterocycles. The van der Waals surface area contributed by atoms with Gasteiger partial charge in [-0.25, -0.2) is 0 Å². The van der Waals surface area contributed by atoms with Gasteiger partial charge in [-0.15, -0.1) is 6.58 Å². The van der Waals surface area contributed by atoms with Gasteiger partial charge >= 0.3 is 11.9 Å². The summed E-state index contributed by atoms with van der Waals surface area (Å²) in [4.78, 5) is 24.8. The molecule has 0 saturated heterocycles. The summed E-state index contributed by atoms with van der Waals surface area (Å²) < 4.78 is 10.3. The van der Waals surface area contributed by atoms with Crippen LogP contribution in [-0.2, 0) is 19.1 Å². The number of rotatable bonds is 6. The molecular weight excluding hydrogens is 268 g/mol. The summed E-state index contributed by atoms with van der Waals surface area (Å²) in [7, 11) is 0. The van der Waals surface area contributed by atoms with Crippen LogP contribution in [-0.4, -0.2) is 25.2 Å². The van der Waals surface area contributed by atoms with Crippen molar-refractivity contribution in [3.63, 3.8) is 0 Å². The van der Waals surface area contributed by atoms with Crippen LogP contribution in [0.4, 0.5) is 0 Å². The van der Waals surface area contributed by atoms with Crippen molar-refractivity contribution < 1.29 is 19.1 Å². The molecule has 0 atom stereocenters. The van der Waals surface area contributed by atoms with Crippen LogP contribution in [0.1, 0.15) is 40.0 Å². The van der Waals surface area contributed by atoms with Gasteiger partial charge in [-0.05, 0) is 40.0 Å². The second-order valence-electron chi connectivity index (χ2n) is 5.17. The maximum absolute atomic E-state index is 12.4. The summed E-state index contributed by atoms with van der Waals surface area (Å²) in [6.45, 7) is 9.55. The van der Waals surface area contributed by atoms with Crippen LogP contribution in [0.2, 0.25) is 0 Å². The van der Waals surface area contributed by atoms with Gasteiger partial charge in [0.25, 0.3) is 0 Å². The molecule has 0 aromatic carbocycles. The van der Waals surface area contributed by atoms with E-state index in [9.17, 15) is 9.59 Å². The molecule has 0 aromatic heterocycles. The lowest BCUT2D eigenvalue weighted by molar-refractivity contribution is -0.172. The summed E-state index contributed by atoms with van der Waals surface area (Å²) in [5, 5.41) is 0. The quantitative estimate of drug-likeness (QED) is 0.428. The van der Waals surface area contributed by atoms with Crippen molar-refractivity contribution in [2.24, 2.45) is 5.41 Å². The van der Waals surface area contributed by atoms with Crippen LogP contribution in [0.15, 0.2) is 36.0 Å². The lowest BCUT2D eigenvalue weighted by atomic mass is 9.72. The van der Waals surface area contributed by atoms with Crippen molar-refractivity contribution in [2.45, 2.75) is 40.0 Å². The van der Waals surface area contributed by atoms with Gasteiger partial charge in [0.2, 0.25) is 0 Å². The third-order valence-corrected chi connectivity index (χ3v) is 3.40. The van der Waals surface area contributed by atoms with Gasteiger partial charge in [-0.1, -0.05) is 29.4 Å². The lowest BCUT2D eigenvalue weighted by Gasteiger charge is -2.33. The number of ether oxygens (including phenoxy) is 2. The number of allylic oxidation sites excluding steroid dienone is 5. The summed E-state index contributed by atoms with van der Waals surface area (Å²) in [5.41, 5.74) is 0.662. The Labute approximate surface area is 126 Å². The van der Waals surface area contributed by atoms with E-state index in [1.165, 1.54) is 0 Å². The molecule has 0 aromatic rings. The molecule has 0 N–H and O–H groups in total. The smallest absolute Gasteiger partial charge is 0.324 e. The largest absolute Gasteiger partial charge is 0.465 e. The first-order valence-electron chi connectivity index (χ1n) is 7.31. The minimum atomic E-state index is -1.25. The predicted octanol–water partition coefficient (Wildman–Crippen LogP) is 3.34. The fraction of sp³-hybridized carbons (Fsp3) is 0.529. The molecule has 4 nitrogen and oxygen atoms in total. The van der Waals surface area contributed by atoms with Gasteiger partial charge in [0, 0.05) is 0 Å². The molecule has 0 heterocycles. The second-order valence-corrected chi connectivity index (χ2v) is 5.17. The minimum Gasteiger partial charge on any atom is -0.465 e. The van der Waals surface area contributed by atoms with Crippen LogP contribution in [0, 0.1) is 5.41 Å². The van der Waals surface area contributed by atoms with E-state index in [1.54, 1.807) is 19.9 Å². The maximum atomic E-state index is 12.4. The number of hydrogen-bond acceptors (Lipinski definition) is 4. The zero-order chi connectivity index (χ0) is 15.9. The van der Waals surface area contributed by atoms with E-state index in [-0.39, 0.29) is 13.2 Å². The molecule has 0 amide bonds. The number of carbonyl (C=O) groups excluding carboxylic acids is 2. The van der Waals surface area contributed by atoms with Crippen LogP contribution in [0.5, 0.6) is 0 Å². The molecule has 0 fully saturated rings. The zero-order valence-corrected chi connectivity index (χ0v) is 13.1. The van der Waals surface area contributed by atoms with Gasteiger partial charge in [-0.3, -0.25) is 9.59 Å². The Morgan fingerprint density at radius 3 is 2.29 bits per heavy atom. The van der Waals surface area contributed by atoms with Gasteiger partial charge in [-0.2, -0.15) is 0 Å². The topological polar surface area (TPSA) is 52.6 Å². The third-order valence-electron chi connectivity index (χ3n) is 3.40. The Kier molecular flexibility index (Phi) is 6.40. The molecule has 21 heavy (non-hydrogen) atoms. The summed E-state index contributed by atoms with van der Waals surface area (Å²) >= 11 is 0. The van der Waals surface area contributed by atoms with Crippen LogP contribution >= 0.6 is 0 Å². The average Bonchev–Trinajstić information content (AvgIpc) is 2.44. The van der Waals surface area contributed by atoms with Crippen molar-refractivity contribution in [1.29, 1.82) is 0 Å². The van der Waals surface area contributed by atoms with Crippen LogP contribution in [0.25, 0.3) is 0 Å². The molecule has 0 radical (unpaired) electrons. The van der Waals surface area contributed by atoms with E-state index in [2.05, 4.69) is 6.58 Å². The van der Waals surface area contributed by atoms with E-state index in [0.717, 1.165) is 11.1 Å². The molecule has 116 valence electrons. The summed E-state index contributed by atoms with van der Waals surface area (Å²) in [5.74, 6) is -0.999. The Bertz CT molecular complexity index is 453. The maximum Gasteiger partial charge on any atom is 0.324 e. The average molecular weight is 292 g/mol. The fourth-order valence-corrected chi connectivity index (χ4v) is 2.58. The van der Waals surface area contributed by atoms with E-state index in [1.807, 2.05) is 19.1 Å². The highest BCUT2D eigenvalue weighted by Gasteiger charge is 2.50. The molecule has 0 bridgehead atoms. The lowest BCUT2D eigenvalue weighted by Crippen LogP contribution is -2.44. The van der Waals surface area contributed by atoms with Gasteiger partial charge in [0.1, 0.15) is 0 Å². The third kappa shape index (κ3) is 4.06. The Morgan fingerprint density at radius 2 is 1.81 bits per heavy atom. The van der Waals surface area contributed by atoms with Crippen molar-refractivity contribution in [3.8, 4) is 0 Å². The predicted molar refractivity (Wildman–Crippen MR) is 81.6 cm³/mol. The zero-order valence-electron chi connectivity index (χ0n) is 13.1. The van der Waals surface area contributed by atoms with Crippen molar-refractivity contribution in [2.75, 3.05) is 13.2 Å². The fourth-order valence-electron chi connectivity index (χ4n) is 2.58. The molecule has 0 unspecified atom stereocenters. The van der Waals surface area contributed by atoms with E-state index in [0.29, 0.717) is 19.3 Å².